The molecule has 1 aromatic carbocycles. The molecule has 2 rings (SSSR count). The van der Waals surface area contributed by atoms with Gasteiger partial charge in [-0.25, -0.2) is 0 Å². The second-order valence-electron chi connectivity index (χ2n) is 4.85. The highest BCUT2D eigenvalue weighted by Crippen LogP contribution is 2.30. The van der Waals surface area contributed by atoms with Crippen LogP contribution in [0, 0.1) is 0 Å². The van der Waals surface area contributed by atoms with Crippen molar-refractivity contribution in [2.24, 2.45) is 0 Å². The second-order valence-corrected chi connectivity index (χ2v) is 5.77. The Kier molecular flexibility index (Phi) is 4.40. The molecule has 2 atom stereocenters. The normalized spacial score (nSPS) is 23.7. The van der Waals surface area contributed by atoms with Crippen LogP contribution >= 0.6 is 15.9 Å². The smallest absolute Gasteiger partial charge is 0.152 e. The summed E-state index contributed by atoms with van der Waals surface area (Å²) in [4.78, 5) is 13.1. The Balaban J connectivity index is 2.29. The van der Waals surface area contributed by atoms with Gasteiger partial charge in [-0.3, -0.25) is 4.79 Å². The van der Waals surface area contributed by atoms with Crippen molar-refractivity contribution < 1.29 is 9.90 Å². The summed E-state index contributed by atoms with van der Waals surface area (Å²) in [6.45, 7) is 0. The van der Waals surface area contributed by atoms with Gasteiger partial charge in [0.05, 0.1) is 12.1 Å². The molecule has 1 aliphatic carbocycles. The SMILES string of the molecule is CN(c1cc(Br)ccc1C=O)C1CCCCC1O. The number of hydrogen-bond donors (Lipinski definition) is 1. The van der Waals surface area contributed by atoms with Crippen LogP contribution in [0.15, 0.2) is 22.7 Å². The third-order valence-electron chi connectivity index (χ3n) is 3.69. The highest BCUT2D eigenvalue weighted by Gasteiger charge is 2.27. The van der Waals surface area contributed by atoms with E-state index >= 15 is 0 Å². The number of likely N-dealkylation sites (N-methyl/N-ethyl adjacent to an activating group) is 1. The molecule has 1 fully saturated rings. The molecule has 3 nitrogen and oxygen atoms in total. The standard InChI is InChI=1S/C14H18BrNO2/c1-16(12-4-2-3-5-14(12)18)13-8-11(15)7-6-10(13)9-17/h6-9,12,14,18H,2-5H2,1H3. The van der Waals surface area contributed by atoms with Gasteiger partial charge in [0.15, 0.2) is 6.29 Å². The third-order valence-corrected chi connectivity index (χ3v) is 4.18. The zero-order valence-corrected chi connectivity index (χ0v) is 12.1. The van der Waals surface area contributed by atoms with Crippen LogP contribution in [0.3, 0.4) is 0 Å². The summed E-state index contributed by atoms with van der Waals surface area (Å²) in [5.74, 6) is 0. The largest absolute Gasteiger partial charge is 0.391 e. The molecule has 1 N–H and O–H groups in total. The Hall–Kier alpha value is -0.870. The Morgan fingerprint density at radius 2 is 2.11 bits per heavy atom. The lowest BCUT2D eigenvalue weighted by molar-refractivity contribution is 0.105. The molecular formula is C14H18BrNO2. The lowest BCUT2D eigenvalue weighted by Gasteiger charge is -2.37. The van der Waals surface area contributed by atoms with E-state index in [0.717, 1.165) is 42.1 Å². The number of nitrogens with zero attached hydrogens (tertiary/aromatic N) is 1. The molecule has 1 aromatic rings. The maximum Gasteiger partial charge on any atom is 0.152 e. The lowest BCUT2D eigenvalue weighted by Crippen LogP contribution is -2.43. The van der Waals surface area contributed by atoms with Crippen molar-refractivity contribution in [3.05, 3.63) is 28.2 Å². The Morgan fingerprint density at radius 3 is 2.78 bits per heavy atom. The van der Waals surface area contributed by atoms with Crippen LogP contribution in [0.5, 0.6) is 0 Å². The highest BCUT2D eigenvalue weighted by molar-refractivity contribution is 9.10. The molecule has 0 aliphatic heterocycles. The van der Waals surface area contributed by atoms with Crippen LogP contribution in [0.1, 0.15) is 36.0 Å². The number of aliphatic hydroxyl groups excluding tert-OH is 1. The van der Waals surface area contributed by atoms with E-state index in [0.29, 0.717) is 5.56 Å². The Labute approximate surface area is 116 Å². The number of aldehydes is 1. The van der Waals surface area contributed by atoms with Gasteiger partial charge in [0.2, 0.25) is 0 Å². The summed E-state index contributed by atoms with van der Waals surface area (Å²) < 4.78 is 0.945. The summed E-state index contributed by atoms with van der Waals surface area (Å²) >= 11 is 3.43. The van der Waals surface area contributed by atoms with Crippen LogP contribution in [0.2, 0.25) is 0 Å². The van der Waals surface area contributed by atoms with Crippen molar-refractivity contribution in [3.63, 3.8) is 0 Å². The quantitative estimate of drug-likeness (QED) is 0.872. The van der Waals surface area contributed by atoms with Crippen LogP contribution in [0.25, 0.3) is 0 Å². The van der Waals surface area contributed by atoms with E-state index in [1.165, 1.54) is 0 Å². The zero-order valence-electron chi connectivity index (χ0n) is 10.5. The number of benzene rings is 1. The summed E-state index contributed by atoms with van der Waals surface area (Å²) in [6.07, 6.45) is 4.61. The molecule has 4 heteroatoms. The van der Waals surface area contributed by atoms with Gasteiger partial charge in [-0.1, -0.05) is 28.8 Å². The van der Waals surface area contributed by atoms with E-state index in [2.05, 4.69) is 15.9 Å². The molecule has 2 unspecified atom stereocenters. The van der Waals surface area contributed by atoms with E-state index in [9.17, 15) is 9.90 Å². The lowest BCUT2D eigenvalue weighted by atomic mass is 9.91. The first kappa shape index (κ1) is 13.6. The molecule has 98 valence electrons. The van der Waals surface area contributed by atoms with Crippen molar-refractivity contribution >= 4 is 27.9 Å². The average molecular weight is 312 g/mol. The van der Waals surface area contributed by atoms with Crippen LogP contribution < -0.4 is 4.90 Å². The molecule has 0 bridgehead atoms. The van der Waals surface area contributed by atoms with Gasteiger partial charge < -0.3 is 10.0 Å². The maximum absolute atomic E-state index is 11.1. The summed E-state index contributed by atoms with van der Waals surface area (Å²) in [5, 5.41) is 10.1. The minimum Gasteiger partial charge on any atom is -0.391 e. The fraction of sp³-hybridized carbons (Fsp3) is 0.500. The molecule has 0 aromatic heterocycles. The number of carbonyl (C=O) groups is 1. The van der Waals surface area contributed by atoms with E-state index in [-0.39, 0.29) is 12.1 Å². The van der Waals surface area contributed by atoms with Crippen molar-refractivity contribution in [3.8, 4) is 0 Å². The second kappa shape index (κ2) is 5.85. The van der Waals surface area contributed by atoms with Crippen molar-refractivity contribution in [1.82, 2.24) is 0 Å². The van der Waals surface area contributed by atoms with Crippen molar-refractivity contribution in [2.75, 3.05) is 11.9 Å². The Bertz CT molecular complexity index is 436. The minimum absolute atomic E-state index is 0.103. The predicted molar refractivity (Wildman–Crippen MR) is 76.2 cm³/mol. The van der Waals surface area contributed by atoms with Crippen LogP contribution in [0.4, 0.5) is 5.69 Å². The molecule has 0 spiro atoms. The van der Waals surface area contributed by atoms with Gasteiger partial charge in [-0.2, -0.15) is 0 Å². The molecule has 0 amide bonds. The van der Waals surface area contributed by atoms with Crippen LogP contribution in [-0.2, 0) is 0 Å². The first-order chi connectivity index (χ1) is 8.63. The number of aliphatic hydroxyl groups is 1. The van der Waals surface area contributed by atoms with Gasteiger partial charge in [-0.05, 0) is 31.0 Å². The minimum atomic E-state index is -0.303. The summed E-state index contributed by atoms with van der Waals surface area (Å²) in [7, 11) is 1.95. The molecule has 1 aliphatic rings. The van der Waals surface area contributed by atoms with Gasteiger partial charge in [0.1, 0.15) is 0 Å². The number of carbonyl (C=O) groups excluding carboxylic acids is 1. The highest BCUT2D eigenvalue weighted by atomic mass is 79.9. The average Bonchev–Trinajstić information content (AvgIpc) is 2.38. The first-order valence-electron chi connectivity index (χ1n) is 6.29. The summed E-state index contributed by atoms with van der Waals surface area (Å²) in [6, 6.07) is 5.70. The molecular weight excluding hydrogens is 294 g/mol. The maximum atomic E-state index is 11.1. The molecule has 1 saturated carbocycles. The topological polar surface area (TPSA) is 40.5 Å². The van der Waals surface area contributed by atoms with Gasteiger partial charge in [0, 0.05) is 22.8 Å². The van der Waals surface area contributed by atoms with Gasteiger partial charge in [0.25, 0.3) is 0 Å². The van der Waals surface area contributed by atoms with Gasteiger partial charge >= 0.3 is 0 Å². The van der Waals surface area contributed by atoms with Crippen molar-refractivity contribution in [2.45, 2.75) is 37.8 Å². The van der Waals surface area contributed by atoms with Crippen LogP contribution in [-0.4, -0.2) is 30.6 Å². The predicted octanol–water partition coefficient (Wildman–Crippen LogP) is 3.00. The number of hydrogen-bond acceptors (Lipinski definition) is 3. The first-order valence-corrected chi connectivity index (χ1v) is 7.08. The summed E-state index contributed by atoms with van der Waals surface area (Å²) in [5.41, 5.74) is 1.55. The van der Waals surface area contributed by atoms with E-state index in [1.807, 2.05) is 24.1 Å². The molecule has 0 heterocycles. The fourth-order valence-corrected chi connectivity index (χ4v) is 2.99. The zero-order chi connectivity index (χ0) is 13.1. The van der Waals surface area contributed by atoms with Crippen molar-refractivity contribution in [1.29, 1.82) is 0 Å². The number of rotatable bonds is 3. The fourth-order valence-electron chi connectivity index (χ4n) is 2.64. The van der Waals surface area contributed by atoms with E-state index in [4.69, 9.17) is 0 Å². The number of anilines is 1. The van der Waals surface area contributed by atoms with E-state index in [1.54, 1.807) is 6.07 Å². The monoisotopic (exact) mass is 311 g/mol. The third kappa shape index (κ3) is 2.75. The molecule has 0 radical (unpaired) electrons. The number of halogens is 1. The van der Waals surface area contributed by atoms with Gasteiger partial charge in [-0.15, -0.1) is 0 Å². The molecule has 18 heavy (non-hydrogen) atoms. The molecule has 0 saturated heterocycles. The van der Waals surface area contributed by atoms with E-state index < -0.39 is 0 Å². The Morgan fingerprint density at radius 1 is 1.39 bits per heavy atom.